The van der Waals surface area contributed by atoms with E-state index in [0.717, 1.165) is 10.6 Å². The first-order valence-corrected chi connectivity index (χ1v) is 11.7. The smallest absolute Gasteiger partial charge is 0.387 e. The van der Waals surface area contributed by atoms with Gasteiger partial charge in [0, 0.05) is 6.42 Å². The van der Waals surface area contributed by atoms with E-state index < -0.39 is 12.7 Å². The number of carbonyl (C=O) groups excluding carboxylic acids is 1. The standard InChI is InChI=1S/C19H16F2N4O3S3/c1-27-15-7-11(4-5-14(15)28-18(20)21)13-8-12(16-3-2-6-29-16)24-25(13)17(26)9-30-19-23-22-10-31-19/h2-7,10,13,18H,8-9H2,1H3. The Kier molecular flexibility index (Phi) is 6.78. The third-order valence-corrected chi connectivity index (χ3v) is 7.18. The number of nitrogens with zero attached hydrogens (tertiary/aromatic N) is 4. The van der Waals surface area contributed by atoms with Gasteiger partial charge in [-0.3, -0.25) is 4.79 Å². The van der Waals surface area contributed by atoms with E-state index in [1.807, 2.05) is 17.5 Å². The zero-order valence-corrected chi connectivity index (χ0v) is 18.6. The summed E-state index contributed by atoms with van der Waals surface area (Å²) in [5.74, 6) is 0.0568. The number of carbonyl (C=O) groups is 1. The first kappa shape index (κ1) is 21.7. The van der Waals surface area contributed by atoms with Crippen LogP contribution in [0, 0.1) is 0 Å². The summed E-state index contributed by atoms with van der Waals surface area (Å²) in [6.45, 7) is -2.96. The highest BCUT2D eigenvalue weighted by molar-refractivity contribution is 8.01. The van der Waals surface area contributed by atoms with Crippen LogP contribution in [0.4, 0.5) is 8.78 Å². The topological polar surface area (TPSA) is 76.9 Å². The highest BCUT2D eigenvalue weighted by atomic mass is 32.2. The molecule has 162 valence electrons. The molecular weight excluding hydrogens is 466 g/mol. The van der Waals surface area contributed by atoms with Crippen molar-refractivity contribution in [3.63, 3.8) is 0 Å². The molecule has 0 fully saturated rings. The molecule has 1 unspecified atom stereocenters. The third kappa shape index (κ3) is 5.02. The Bertz CT molecular complexity index is 1060. The van der Waals surface area contributed by atoms with Gasteiger partial charge in [0.05, 0.1) is 29.5 Å². The van der Waals surface area contributed by atoms with Crippen LogP contribution in [0.3, 0.4) is 0 Å². The predicted molar refractivity (Wildman–Crippen MR) is 115 cm³/mol. The Labute approximate surface area is 188 Å². The molecule has 4 rings (SSSR count). The van der Waals surface area contributed by atoms with Crippen LogP contribution < -0.4 is 9.47 Å². The number of aromatic nitrogens is 2. The predicted octanol–water partition coefficient (Wildman–Crippen LogP) is 4.68. The maximum absolute atomic E-state index is 13.0. The first-order valence-electron chi connectivity index (χ1n) is 9.00. The molecule has 1 aromatic carbocycles. The average Bonchev–Trinajstić information content (AvgIpc) is 3.53. The number of thioether (sulfide) groups is 1. The van der Waals surface area contributed by atoms with Crippen LogP contribution in [0.2, 0.25) is 0 Å². The monoisotopic (exact) mass is 482 g/mol. The molecular formula is C19H16F2N4O3S3. The summed E-state index contributed by atoms with van der Waals surface area (Å²) in [4.78, 5) is 14.0. The molecule has 31 heavy (non-hydrogen) atoms. The zero-order valence-electron chi connectivity index (χ0n) is 16.1. The lowest BCUT2D eigenvalue weighted by Crippen LogP contribution is -2.28. The van der Waals surface area contributed by atoms with Crippen molar-refractivity contribution in [3.05, 3.63) is 51.7 Å². The molecule has 1 atom stereocenters. The van der Waals surface area contributed by atoms with Gasteiger partial charge in [0.1, 0.15) is 5.51 Å². The number of hydrazone groups is 1. The lowest BCUT2D eigenvalue weighted by molar-refractivity contribution is -0.130. The first-order chi connectivity index (χ1) is 15.0. The molecule has 0 bridgehead atoms. The minimum absolute atomic E-state index is 0.0663. The number of thiophene rings is 1. The molecule has 1 amide bonds. The number of amides is 1. The fraction of sp³-hybridized carbons (Fsp3) is 0.263. The molecule has 7 nitrogen and oxygen atoms in total. The second kappa shape index (κ2) is 9.71. The van der Waals surface area contributed by atoms with Crippen LogP contribution in [-0.2, 0) is 4.79 Å². The highest BCUT2D eigenvalue weighted by Crippen LogP contribution is 2.38. The van der Waals surface area contributed by atoms with Gasteiger partial charge >= 0.3 is 6.61 Å². The number of ether oxygens (including phenoxy) is 2. The summed E-state index contributed by atoms with van der Waals surface area (Å²) in [7, 11) is 1.38. The van der Waals surface area contributed by atoms with Crippen molar-refractivity contribution in [2.75, 3.05) is 12.9 Å². The van der Waals surface area contributed by atoms with Gasteiger partial charge in [-0.15, -0.1) is 21.5 Å². The molecule has 2 aromatic heterocycles. The van der Waals surface area contributed by atoms with E-state index in [9.17, 15) is 13.6 Å². The van der Waals surface area contributed by atoms with E-state index in [1.54, 1.807) is 29.0 Å². The lowest BCUT2D eigenvalue weighted by atomic mass is 10.0. The van der Waals surface area contributed by atoms with Crippen molar-refractivity contribution in [3.8, 4) is 11.5 Å². The van der Waals surface area contributed by atoms with Crippen molar-refractivity contribution in [1.82, 2.24) is 15.2 Å². The van der Waals surface area contributed by atoms with Crippen LogP contribution in [0.25, 0.3) is 0 Å². The highest BCUT2D eigenvalue weighted by Gasteiger charge is 2.34. The summed E-state index contributed by atoms with van der Waals surface area (Å²) in [5, 5.41) is 15.7. The van der Waals surface area contributed by atoms with E-state index >= 15 is 0 Å². The Morgan fingerprint density at radius 3 is 2.87 bits per heavy atom. The quantitative estimate of drug-likeness (QED) is 0.434. The average molecular weight is 483 g/mol. The van der Waals surface area contributed by atoms with Gasteiger partial charge in [0.25, 0.3) is 5.91 Å². The Morgan fingerprint density at radius 1 is 1.32 bits per heavy atom. The van der Waals surface area contributed by atoms with Crippen molar-refractivity contribution in [2.24, 2.45) is 5.10 Å². The van der Waals surface area contributed by atoms with Crippen LogP contribution in [-0.4, -0.2) is 46.3 Å². The largest absolute Gasteiger partial charge is 0.493 e. The van der Waals surface area contributed by atoms with Gasteiger partial charge in [-0.2, -0.15) is 13.9 Å². The molecule has 0 N–H and O–H groups in total. The number of rotatable bonds is 8. The lowest BCUT2D eigenvalue weighted by Gasteiger charge is -2.22. The second-order valence-electron chi connectivity index (χ2n) is 6.26. The molecule has 12 heteroatoms. The van der Waals surface area contributed by atoms with E-state index in [0.29, 0.717) is 16.3 Å². The van der Waals surface area contributed by atoms with E-state index in [1.165, 1.54) is 41.3 Å². The van der Waals surface area contributed by atoms with Gasteiger partial charge in [0.15, 0.2) is 15.8 Å². The SMILES string of the molecule is COc1cc(C2CC(c3cccs3)=NN2C(=O)CSc2nncs2)ccc1OC(F)F. The Hall–Kier alpha value is -2.57. The van der Waals surface area contributed by atoms with Crippen LogP contribution in [0.15, 0.2) is 50.7 Å². The van der Waals surface area contributed by atoms with Gasteiger partial charge in [-0.05, 0) is 29.1 Å². The number of methoxy groups -OCH3 is 1. The van der Waals surface area contributed by atoms with Crippen LogP contribution >= 0.6 is 34.4 Å². The fourth-order valence-corrected chi connectivity index (χ4v) is 5.15. The van der Waals surface area contributed by atoms with Crippen molar-refractivity contribution >= 4 is 46.1 Å². The molecule has 0 saturated carbocycles. The number of alkyl halides is 2. The Morgan fingerprint density at radius 2 is 2.19 bits per heavy atom. The van der Waals surface area contributed by atoms with Crippen LogP contribution in [0.5, 0.6) is 11.5 Å². The van der Waals surface area contributed by atoms with E-state index in [4.69, 9.17) is 4.74 Å². The molecule has 0 aliphatic carbocycles. The second-order valence-corrected chi connectivity index (χ2v) is 9.27. The molecule has 0 spiro atoms. The van der Waals surface area contributed by atoms with Gasteiger partial charge in [0.2, 0.25) is 0 Å². The van der Waals surface area contributed by atoms with E-state index in [2.05, 4.69) is 20.0 Å². The van der Waals surface area contributed by atoms with Crippen molar-refractivity contribution in [1.29, 1.82) is 0 Å². The maximum Gasteiger partial charge on any atom is 0.387 e. The molecule has 1 aliphatic heterocycles. The summed E-state index contributed by atoms with van der Waals surface area (Å²) in [6, 6.07) is 8.15. The molecule has 0 radical (unpaired) electrons. The molecule has 3 heterocycles. The molecule has 1 aliphatic rings. The van der Waals surface area contributed by atoms with Crippen LogP contribution in [0.1, 0.15) is 22.9 Å². The number of halogens is 2. The van der Waals surface area contributed by atoms with Crippen molar-refractivity contribution < 1.29 is 23.0 Å². The summed E-state index contributed by atoms with van der Waals surface area (Å²) < 4.78 is 35.7. The van der Waals surface area contributed by atoms with Crippen molar-refractivity contribution in [2.45, 2.75) is 23.4 Å². The summed E-state index contributed by atoms with van der Waals surface area (Å²) >= 11 is 4.19. The third-order valence-electron chi connectivity index (χ3n) is 4.42. The maximum atomic E-state index is 13.0. The number of hydrogen-bond donors (Lipinski definition) is 0. The number of hydrogen-bond acceptors (Lipinski definition) is 9. The molecule has 0 saturated heterocycles. The number of benzene rings is 1. The fourth-order valence-electron chi connectivity index (χ4n) is 3.09. The van der Waals surface area contributed by atoms with Gasteiger partial charge in [-0.25, -0.2) is 5.01 Å². The molecule has 3 aromatic rings. The van der Waals surface area contributed by atoms with E-state index in [-0.39, 0.29) is 23.2 Å². The van der Waals surface area contributed by atoms with Gasteiger partial charge in [-0.1, -0.05) is 35.2 Å². The van der Waals surface area contributed by atoms with Gasteiger partial charge < -0.3 is 9.47 Å². The minimum Gasteiger partial charge on any atom is -0.493 e. The summed E-state index contributed by atoms with van der Waals surface area (Å²) in [6.07, 6.45) is 0.494. The Balaban J connectivity index is 1.60. The minimum atomic E-state index is -2.96. The zero-order chi connectivity index (χ0) is 21.8. The summed E-state index contributed by atoms with van der Waals surface area (Å²) in [5.41, 5.74) is 3.11. The normalized spacial score (nSPS) is 15.9.